The van der Waals surface area contributed by atoms with Gasteiger partial charge in [0, 0.05) is 25.5 Å². The Hall–Kier alpha value is -2.04. The molecule has 5 nitrogen and oxygen atoms in total. The maximum absolute atomic E-state index is 12.1. The lowest BCUT2D eigenvalue weighted by atomic mass is 10.0. The molecular weight excluding hydrogens is 242 g/mol. The first kappa shape index (κ1) is 12.0. The first-order chi connectivity index (χ1) is 9.33. The van der Waals surface area contributed by atoms with E-state index in [-0.39, 0.29) is 5.91 Å². The molecule has 3 rings (SSSR count). The SMILES string of the molecule is O=C(Cc1ccco1)N1CCC(n2cccn2)CC1. The molecule has 0 unspecified atom stereocenters. The number of rotatable bonds is 3. The number of nitrogens with zero attached hydrogens (tertiary/aromatic N) is 3. The van der Waals surface area contributed by atoms with Crippen LogP contribution in [0.1, 0.15) is 24.6 Å². The molecule has 0 N–H and O–H groups in total. The largest absolute Gasteiger partial charge is 0.469 e. The molecule has 3 heterocycles. The van der Waals surface area contributed by atoms with Crippen molar-refractivity contribution in [3.8, 4) is 0 Å². The lowest BCUT2D eigenvalue weighted by molar-refractivity contribution is -0.132. The van der Waals surface area contributed by atoms with Gasteiger partial charge in [-0.3, -0.25) is 9.48 Å². The van der Waals surface area contributed by atoms with E-state index in [1.807, 2.05) is 34.0 Å². The second kappa shape index (κ2) is 5.30. The van der Waals surface area contributed by atoms with Gasteiger partial charge in [0.25, 0.3) is 0 Å². The van der Waals surface area contributed by atoms with Crippen molar-refractivity contribution < 1.29 is 9.21 Å². The fourth-order valence-electron chi connectivity index (χ4n) is 2.55. The van der Waals surface area contributed by atoms with E-state index in [1.165, 1.54) is 0 Å². The lowest BCUT2D eigenvalue weighted by Crippen LogP contribution is -2.39. The van der Waals surface area contributed by atoms with Crippen molar-refractivity contribution >= 4 is 5.91 Å². The van der Waals surface area contributed by atoms with Crippen molar-refractivity contribution in [3.63, 3.8) is 0 Å². The number of aromatic nitrogens is 2. The van der Waals surface area contributed by atoms with Crippen LogP contribution in [0, 0.1) is 0 Å². The van der Waals surface area contributed by atoms with Crippen LogP contribution >= 0.6 is 0 Å². The van der Waals surface area contributed by atoms with Gasteiger partial charge in [-0.15, -0.1) is 0 Å². The predicted molar refractivity (Wildman–Crippen MR) is 69.5 cm³/mol. The standard InChI is InChI=1S/C14H17N3O2/c18-14(11-13-3-1-10-19-13)16-8-4-12(5-9-16)17-7-2-6-15-17/h1-3,6-7,10,12H,4-5,8-9,11H2. The molecule has 0 bridgehead atoms. The van der Waals surface area contributed by atoms with Crippen LogP contribution in [0.15, 0.2) is 41.3 Å². The molecule has 100 valence electrons. The maximum atomic E-state index is 12.1. The zero-order chi connectivity index (χ0) is 13.1. The summed E-state index contributed by atoms with van der Waals surface area (Å²) in [5.41, 5.74) is 0. The quantitative estimate of drug-likeness (QED) is 0.845. The van der Waals surface area contributed by atoms with E-state index in [4.69, 9.17) is 4.42 Å². The summed E-state index contributed by atoms with van der Waals surface area (Å²) in [6, 6.07) is 6.01. The molecule has 1 fully saturated rings. The van der Waals surface area contributed by atoms with Crippen LogP contribution < -0.4 is 0 Å². The van der Waals surface area contributed by atoms with Crippen LogP contribution in [0.2, 0.25) is 0 Å². The molecule has 1 aliphatic heterocycles. The van der Waals surface area contributed by atoms with E-state index in [2.05, 4.69) is 5.10 Å². The molecule has 1 amide bonds. The molecule has 0 radical (unpaired) electrons. The first-order valence-corrected chi connectivity index (χ1v) is 6.62. The first-order valence-electron chi connectivity index (χ1n) is 6.62. The minimum absolute atomic E-state index is 0.147. The van der Waals surface area contributed by atoms with Gasteiger partial charge in [0.15, 0.2) is 0 Å². The lowest BCUT2D eigenvalue weighted by Gasteiger charge is -2.32. The van der Waals surface area contributed by atoms with Gasteiger partial charge in [-0.05, 0) is 31.0 Å². The maximum Gasteiger partial charge on any atom is 0.230 e. The molecule has 19 heavy (non-hydrogen) atoms. The third kappa shape index (κ3) is 2.70. The number of hydrogen-bond acceptors (Lipinski definition) is 3. The number of likely N-dealkylation sites (tertiary alicyclic amines) is 1. The van der Waals surface area contributed by atoms with Crippen LogP contribution in [0.3, 0.4) is 0 Å². The van der Waals surface area contributed by atoms with E-state index in [0.717, 1.165) is 31.7 Å². The highest BCUT2D eigenvalue weighted by Gasteiger charge is 2.24. The van der Waals surface area contributed by atoms with Crippen molar-refractivity contribution in [2.45, 2.75) is 25.3 Å². The van der Waals surface area contributed by atoms with E-state index < -0.39 is 0 Å². The molecule has 0 saturated carbocycles. The second-order valence-electron chi connectivity index (χ2n) is 4.85. The molecule has 0 aliphatic carbocycles. The summed E-state index contributed by atoms with van der Waals surface area (Å²) in [5.74, 6) is 0.882. The normalized spacial score (nSPS) is 16.7. The van der Waals surface area contributed by atoms with Gasteiger partial charge in [0.1, 0.15) is 5.76 Å². The number of piperidine rings is 1. The van der Waals surface area contributed by atoms with E-state index in [0.29, 0.717) is 12.5 Å². The average Bonchev–Trinajstić information content (AvgIpc) is 3.12. The smallest absolute Gasteiger partial charge is 0.230 e. The van der Waals surface area contributed by atoms with Crippen LogP contribution in [0.5, 0.6) is 0 Å². The Bertz CT molecular complexity index is 511. The monoisotopic (exact) mass is 259 g/mol. The Morgan fingerprint density at radius 3 is 2.84 bits per heavy atom. The molecule has 0 aromatic carbocycles. The topological polar surface area (TPSA) is 51.3 Å². The van der Waals surface area contributed by atoms with Gasteiger partial charge >= 0.3 is 0 Å². The summed E-state index contributed by atoms with van der Waals surface area (Å²) < 4.78 is 7.21. The van der Waals surface area contributed by atoms with Crippen LogP contribution in [-0.4, -0.2) is 33.7 Å². The molecule has 2 aromatic rings. The van der Waals surface area contributed by atoms with Gasteiger partial charge in [0.2, 0.25) is 5.91 Å². The summed E-state index contributed by atoms with van der Waals surface area (Å²) >= 11 is 0. The van der Waals surface area contributed by atoms with E-state index in [1.54, 1.807) is 12.5 Å². The number of furan rings is 1. The predicted octanol–water partition coefficient (Wildman–Crippen LogP) is 1.88. The van der Waals surface area contributed by atoms with Crippen molar-refractivity contribution in [2.24, 2.45) is 0 Å². The van der Waals surface area contributed by atoms with Gasteiger partial charge < -0.3 is 9.32 Å². The Balaban J connectivity index is 1.54. The van der Waals surface area contributed by atoms with Crippen LogP contribution in [0.4, 0.5) is 0 Å². The van der Waals surface area contributed by atoms with E-state index in [9.17, 15) is 4.79 Å². The van der Waals surface area contributed by atoms with Gasteiger partial charge in [-0.1, -0.05) is 0 Å². The fraction of sp³-hybridized carbons (Fsp3) is 0.429. The highest BCUT2D eigenvalue weighted by molar-refractivity contribution is 5.78. The van der Waals surface area contributed by atoms with Crippen molar-refractivity contribution in [1.82, 2.24) is 14.7 Å². The average molecular weight is 259 g/mol. The minimum atomic E-state index is 0.147. The minimum Gasteiger partial charge on any atom is -0.469 e. The van der Waals surface area contributed by atoms with Crippen LogP contribution in [0.25, 0.3) is 0 Å². The zero-order valence-corrected chi connectivity index (χ0v) is 10.7. The zero-order valence-electron chi connectivity index (χ0n) is 10.7. The molecule has 2 aromatic heterocycles. The Labute approximate surface area is 111 Å². The van der Waals surface area contributed by atoms with Crippen molar-refractivity contribution in [3.05, 3.63) is 42.6 Å². The molecule has 1 aliphatic rings. The third-order valence-corrected chi connectivity index (χ3v) is 3.62. The van der Waals surface area contributed by atoms with Crippen molar-refractivity contribution in [2.75, 3.05) is 13.1 Å². The Kier molecular flexibility index (Phi) is 3.35. The number of carbonyl (C=O) groups is 1. The third-order valence-electron chi connectivity index (χ3n) is 3.62. The number of amides is 1. The summed E-state index contributed by atoms with van der Waals surface area (Å²) in [5, 5.41) is 4.27. The highest BCUT2D eigenvalue weighted by Crippen LogP contribution is 2.22. The summed E-state index contributed by atoms with van der Waals surface area (Å²) in [7, 11) is 0. The molecule has 0 atom stereocenters. The van der Waals surface area contributed by atoms with Gasteiger partial charge in [-0.25, -0.2) is 0 Å². The highest BCUT2D eigenvalue weighted by atomic mass is 16.3. The van der Waals surface area contributed by atoms with E-state index >= 15 is 0 Å². The number of carbonyl (C=O) groups excluding carboxylic acids is 1. The summed E-state index contributed by atoms with van der Waals surface area (Å²) in [6.45, 7) is 1.59. The Morgan fingerprint density at radius 1 is 1.37 bits per heavy atom. The molecule has 5 heteroatoms. The second-order valence-corrected chi connectivity index (χ2v) is 4.85. The van der Waals surface area contributed by atoms with Gasteiger partial charge in [-0.2, -0.15) is 5.10 Å². The van der Waals surface area contributed by atoms with Crippen molar-refractivity contribution in [1.29, 1.82) is 0 Å². The van der Waals surface area contributed by atoms with Crippen LogP contribution in [-0.2, 0) is 11.2 Å². The van der Waals surface area contributed by atoms with Gasteiger partial charge in [0.05, 0.1) is 18.7 Å². The summed E-state index contributed by atoms with van der Waals surface area (Å²) in [6.07, 6.45) is 7.68. The molecular formula is C14H17N3O2. The summed E-state index contributed by atoms with van der Waals surface area (Å²) in [4.78, 5) is 14.0. The number of hydrogen-bond donors (Lipinski definition) is 0. The molecule has 1 saturated heterocycles. The fourth-order valence-corrected chi connectivity index (χ4v) is 2.55. The Morgan fingerprint density at radius 2 is 2.21 bits per heavy atom. The molecule has 0 spiro atoms.